The molecular weight excluding hydrogens is 388 g/mol. The molecule has 1 N–H and O–H groups in total. The maximum atomic E-state index is 13.0. The Morgan fingerprint density at radius 3 is 2.55 bits per heavy atom. The van der Waals surface area contributed by atoms with Crippen molar-refractivity contribution in [3.63, 3.8) is 0 Å². The Kier molecular flexibility index (Phi) is 5.33. The molecule has 0 aromatic rings. The molecular formula is C27H44O4. The molecule has 10 atom stereocenters. The number of hydrogen-bond donors (Lipinski definition) is 1. The minimum Gasteiger partial charge on any atom is -0.429 e. The molecule has 3 saturated carbocycles. The SMILES string of the molecule is CC(C)CCC[C@@H](C)[C@H]1CC[C@H]2[C@@H]3CC(=O)O[C@]45O[C@H]4[C@@H](O)CC[C@]5(C)[C@H]3CC[C@]12C. The minimum absolute atomic E-state index is 0.0898. The molecule has 5 fully saturated rings. The molecule has 2 saturated heterocycles. The quantitative estimate of drug-likeness (QED) is 0.446. The van der Waals surface area contributed by atoms with Crippen LogP contribution in [0.25, 0.3) is 0 Å². The summed E-state index contributed by atoms with van der Waals surface area (Å²) < 4.78 is 12.1. The highest BCUT2D eigenvalue weighted by Crippen LogP contribution is 2.71. The first-order chi connectivity index (χ1) is 14.6. The van der Waals surface area contributed by atoms with Crippen LogP contribution in [0, 0.1) is 46.3 Å². The van der Waals surface area contributed by atoms with Crippen LogP contribution in [0.2, 0.25) is 0 Å². The maximum absolute atomic E-state index is 13.0. The van der Waals surface area contributed by atoms with E-state index in [1.54, 1.807) is 0 Å². The van der Waals surface area contributed by atoms with E-state index in [2.05, 4.69) is 34.6 Å². The number of esters is 1. The van der Waals surface area contributed by atoms with Crippen molar-refractivity contribution in [2.24, 2.45) is 46.3 Å². The summed E-state index contributed by atoms with van der Waals surface area (Å²) in [6.07, 6.45) is 10.5. The largest absolute Gasteiger partial charge is 0.429 e. The van der Waals surface area contributed by atoms with Crippen LogP contribution in [0.4, 0.5) is 0 Å². The number of carbonyl (C=O) groups excluding carboxylic acids is 1. The summed E-state index contributed by atoms with van der Waals surface area (Å²) in [4.78, 5) is 13.0. The van der Waals surface area contributed by atoms with Gasteiger partial charge >= 0.3 is 5.97 Å². The Bertz CT molecular complexity index is 720. The fourth-order valence-corrected chi connectivity index (χ4v) is 9.15. The van der Waals surface area contributed by atoms with Gasteiger partial charge in [-0.3, -0.25) is 4.79 Å². The van der Waals surface area contributed by atoms with Crippen LogP contribution in [0.15, 0.2) is 0 Å². The minimum atomic E-state index is -0.850. The van der Waals surface area contributed by atoms with E-state index in [0.29, 0.717) is 29.6 Å². The molecule has 4 heteroatoms. The maximum Gasteiger partial charge on any atom is 0.308 e. The Balaban J connectivity index is 1.38. The van der Waals surface area contributed by atoms with Crippen LogP contribution < -0.4 is 0 Å². The van der Waals surface area contributed by atoms with Crippen LogP contribution in [0.3, 0.4) is 0 Å². The number of ether oxygens (including phenoxy) is 2. The van der Waals surface area contributed by atoms with Gasteiger partial charge in [0.1, 0.15) is 0 Å². The molecule has 0 bridgehead atoms. The number of epoxide rings is 1. The Labute approximate surface area is 188 Å². The first-order valence-electron chi connectivity index (χ1n) is 13.2. The van der Waals surface area contributed by atoms with Gasteiger partial charge in [-0.05, 0) is 79.4 Å². The molecule has 0 radical (unpaired) electrons. The molecule has 0 unspecified atom stereocenters. The van der Waals surface area contributed by atoms with Gasteiger partial charge in [-0.15, -0.1) is 0 Å². The first kappa shape index (κ1) is 22.2. The van der Waals surface area contributed by atoms with Crippen molar-refractivity contribution in [3.05, 3.63) is 0 Å². The zero-order valence-corrected chi connectivity index (χ0v) is 20.4. The number of hydrogen-bond acceptors (Lipinski definition) is 4. The summed E-state index contributed by atoms with van der Waals surface area (Å²) in [7, 11) is 0. The third kappa shape index (κ3) is 3.17. The fraction of sp³-hybridized carbons (Fsp3) is 0.963. The molecule has 1 spiro atoms. The van der Waals surface area contributed by atoms with Crippen LogP contribution in [0.1, 0.15) is 98.8 Å². The standard InChI is InChI=1S/C27H44O4/c1-16(2)7-6-8-17(3)19-9-10-20-18-15-23(29)30-27-24(31-27)22(28)12-14-26(27,5)21(18)11-13-25(19,20)4/h16-22,24,28H,6-15H2,1-5H3/t17-,18+,19-,20+,21+,22+,24+,25-,26-,27+/m1/s1. The second kappa shape index (κ2) is 7.45. The van der Waals surface area contributed by atoms with Crippen molar-refractivity contribution in [1.82, 2.24) is 0 Å². The molecule has 0 aromatic carbocycles. The summed E-state index contributed by atoms with van der Waals surface area (Å²) >= 11 is 0. The van der Waals surface area contributed by atoms with Crippen LogP contribution in [-0.4, -0.2) is 29.1 Å². The Morgan fingerprint density at radius 1 is 1.03 bits per heavy atom. The van der Waals surface area contributed by atoms with Crippen molar-refractivity contribution in [2.45, 2.75) is 117 Å². The van der Waals surface area contributed by atoms with E-state index >= 15 is 0 Å². The van der Waals surface area contributed by atoms with Gasteiger partial charge in [0, 0.05) is 11.8 Å². The first-order valence-corrected chi connectivity index (χ1v) is 13.2. The third-order valence-electron chi connectivity index (χ3n) is 10.8. The van der Waals surface area contributed by atoms with E-state index in [1.807, 2.05) is 0 Å². The van der Waals surface area contributed by atoms with E-state index < -0.39 is 11.9 Å². The number of fused-ring (bicyclic) bond motifs is 4. The van der Waals surface area contributed by atoms with E-state index in [9.17, 15) is 9.90 Å². The number of carbonyl (C=O) groups is 1. The Hall–Kier alpha value is -0.610. The predicted octanol–water partition coefficient (Wildman–Crippen LogP) is 5.71. The molecule has 5 rings (SSSR count). The Morgan fingerprint density at radius 2 is 1.81 bits per heavy atom. The lowest BCUT2D eigenvalue weighted by Gasteiger charge is -2.54. The monoisotopic (exact) mass is 432 g/mol. The predicted molar refractivity (Wildman–Crippen MR) is 120 cm³/mol. The van der Waals surface area contributed by atoms with Gasteiger partial charge in [-0.2, -0.15) is 0 Å². The number of aliphatic hydroxyl groups is 1. The fourth-order valence-electron chi connectivity index (χ4n) is 9.15. The van der Waals surface area contributed by atoms with Crippen molar-refractivity contribution in [1.29, 1.82) is 0 Å². The summed E-state index contributed by atoms with van der Waals surface area (Å²) in [5, 5.41) is 10.4. The number of aliphatic hydroxyl groups excluding tert-OH is 1. The lowest BCUT2D eigenvalue weighted by Crippen LogP contribution is -2.54. The van der Waals surface area contributed by atoms with Gasteiger partial charge < -0.3 is 14.6 Å². The van der Waals surface area contributed by atoms with Gasteiger partial charge in [-0.1, -0.05) is 53.9 Å². The third-order valence-corrected chi connectivity index (χ3v) is 10.8. The van der Waals surface area contributed by atoms with Crippen LogP contribution >= 0.6 is 0 Å². The molecule has 176 valence electrons. The molecule has 0 aromatic heterocycles. The smallest absolute Gasteiger partial charge is 0.308 e. The van der Waals surface area contributed by atoms with Gasteiger partial charge in [-0.25, -0.2) is 0 Å². The highest BCUT2D eigenvalue weighted by molar-refractivity contribution is 5.71. The summed E-state index contributed by atoms with van der Waals surface area (Å²) in [6.45, 7) is 12.0. The molecule has 3 aliphatic carbocycles. The van der Waals surface area contributed by atoms with Crippen molar-refractivity contribution < 1.29 is 19.4 Å². The van der Waals surface area contributed by atoms with E-state index in [-0.39, 0.29) is 17.5 Å². The van der Waals surface area contributed by atoms with Crippen LogP contribution in [-0.2, 0) is 14.3 Å². The topological polar surface area (TPSA) is 59.1 Å². The molecule has 2 heterocycles. The molecule has 0 amide bonds. The van der Waals surface area contributed by atoms with Gasteiger partial charge in [0.15, 0.2) is 6.10 Å². The normalized spacial score (nSPS) is 51.8. The average Bonchev–Trinajstić information content (AvgIpc) is 3.34. The molecule has 5 aliphatic rings. The summed E-state index contributed by atoms with van der Waals surface area (Å²) in [5.74, 6) is 2.89. The van der Waals surface area contributed by atoms with Gasteiger partial charge in [0.05, 0.1) is 6.10 Å². The van der Waals surface area contributed by atoms with E-state index in [1.165, 1.54) is 44.9 Å². The second-order valence-electron chi connectivity index (χ2n) is 12.8. The van der Waals surface area contributed by atoms with Crippen molar-refractivity contribution in [3.8, 4) is 0 Å². The van der Waals surface area contributed by atoms with Crippen molar-refractivity contribution in [2.75, 3.05) is 0 Å². The molecule has 31 heavy (non-hydrogen) atoms. The summed E-state index contributed by atoms with van der Waals surface area (Å²) in [6, 6.07) is 0. The van der Waals surface area contributed by atoms with E-state index in [0.717, 1.165) is 30.6 Å². The lowest BCUT2D eigenvalue weighted by atomic mass is 9.49. The second-order valence-corrected chi connectivity index (χ2v) is 12.8. The van der Waals surface area contributed by atoms with Gasteiger partial charge in [0.25, 0.3) is 0 Å². The zero-order chi connectivity index (χ0) is 22.2. The number of rotatable bonds is 5. The lowest BCUT2D eigenvalue weighted by molar-refractivity contribution is -0.181. The average molecular weight is 433 g/mol. The highest BCUT2D eigenvalue weighted by atomic mass is 16.8. The highest BCUT2D eigenvalue weighted by Gasteiger charge is 2.79. The zero-order valence-electron chi connectivity index (χ0n) is 20.4. The van der Waals surface area contributed by atoms with Gasteiger partial charge in [0.2, 0.25) is 5.79 Å². The molecule has 4 nitrogen and oxygen atoms in total. The van der Waals surface area contributed by atoms with E-state index in [4.69, 9.17) is 9.47 Å². The molecule has 2 aliphatic heterocycles. The van der Waals surface area contributed by atoms with Crippen LogP contribution in [0.5, 0.6) is 0 Å². The van der Waals surface area contributed by atoms with Crippen molar-refractivity contribution >= 4 is 5.97 Å². The summed E-state index contributed by atoms with van der Waals surface area (Å²) in [5.41, 5.74) is 0.195.